The Morgan fingerprint density at radius 1 is 1.21 bits per heavy atom. The molecule has 19 heavy (non-hydrogen) atoms. The Morgan fingerprint density at radius 3 is 2.74 bits per heavy atom. The van der Waals surface area contributed by atoms with Crippen LogP contribution in [0.1, 0.15) is 28.1 Å². The van der Waals surface area contributed by atoms with Crippen molar-refractivity contribution in [2.75, 3.05) is 13.1 Å². The summed E-state index contributed by atoms with van der Waals surface area (Å²) in [4.78, 5) is 2.55. The number of benzene rings is 1. The van der Waals surface area contributed by atoms with Gasteiger partial charge in [-0.05, 0) is 43.4 Å². The summed E-state index contributed by atoms with van der Waals surface area (Å²) in [6.45, 7) is 7.58. The number of aromatic amines is 1. The van der Waals surface area contributed by atoms with Gasteiger partial charge in [0.15, 0.2) is 0 Å². The van der Waals surface area contributed by atoms with E-state index in [-0.39, 0.29) is 0 Å². The predicted octanol–water partition coefficient (Wildman–Crippen LogP) is 2.63. The molecule has 3 rings (SSSR count). The molecule has 0 fully saturated rings. The van der Waals surface area contributed by atoms with Gasteiger partial charge in [-0.15, -0.1) is 0 Å². The average Bonchev–Trinajstić information content (AvgIpc) is 2.76. The van der Waals surface area contributed by atoms with E-state index in [9.17, 15) is 0 Å². The first-order valence-electron chi connectivity index (χ1n) is 7.03. The third kappa shape index (κ3) is 2.56. The van der Waals surface area contributed by atoms with Crippen LogP contribution in [0.2, 0.25) is 0 Å². The lowest BCUT2D eigenvalue weighted by Crippen LogP contribution is -2.32. The number of aromatic nitrogens is 2. The summed E-state index contributed by atoms with van der Waals surface area (Å²) < 4.78 is 0. The highest BCUT2D eigenvalue weighted by molar-refractivity contribution is 5.29. The smallest absolute Gasteiger partial charge is 0.0626 e. The predicted molar refractivity (Wildman–Crippen MR) is 77.2 cm³/mol. The fourth-order valence-electron chi connectivity index (χ4n) is 2.96. The molecule has 1 N–H and O–H groups in total. The fraction of sp³-hybridized carbons (Fsp3) is 0.438. The standard InChI is InChI=1S/C16H21N3/c1-12-16(13(2)18-17-12)8-10-19-9-7-14-5-3-4-6-15(14)11-19/h3-6H,7-11H2,1-2H3,(H,17,18). The highest BCUT2D eigenvalue weighted by Crippen LogP contribution is 2.19. The van der Waals surface area contributed by atoms with Gasteiger partial charge in [-0.3, -0.25) is 10.00 Å². The molecule has 0 radical (unpaired) electrons. The van der Waals surface area contributed by atoms with Gasteiger partial charge in [0.25, 0.3) is 0 Å². The highest BCUT2D eigenvalue weighted by atomic mass is 15.1. The van der Waals surface area contributed by atoms with Crippen LogP contribution >= 0.6 is 0 Å². The molecule has 0 saturated carbocycles. The lowest BCUT2D eigenvalue weighted by Gasteiger charge is -2.28. The number of nitrogens with one attached hydrogen (secondary N) is 1. The number of H-pyrrole nitrogens is 1. The second kappa shape index (κ2) is 5.17. The lowest BCUT2D eigenvalue weighted by atomic mass is 9.99. The largest absolute Gasteiger partial charge is 0.298 e. The van der Waals surface area contributed by atoms with Crippen molar-refractivity contribution in [2.45, 2.75) is 33.2 Å². The Labute approximate surface area is 114 Å². The maximum atomic E-state index is 4.27. The molecule has 1 aliphatic heterocycles. The molecule has 1 aliphatic rings. The molecule has 3 heteroatoms. The molecule has 0 unspecified atom stereocenters. The van der Waals surface area contributed by atoms with Crippen molar-refractivity contribution in [1.29, 1.82) is 0 Å². The van der Waals surface area contributed by atoms with Crippen molar-refractivity contribution in [3.63, 3.8) is 0 Å². The zero-order valence-electron chi connectivity index (χ0n) is 11.7. The van der Waals surface area contributed by atoms with Gasteiger partial charge in [0.1, 0.15) is 0 Å². The maximum Gasteiger partial charge on any atom is 0.0626 e. The first-order chi connectivity index (χ1) is 9.24. The van der Waals surface area contributed by atoms with E-state index in [1.54, 1.807) is 0 Å². The van der Waals surface area contributed by atoms with Crippen molar-refractivity contribution < 1.29 is 0 Å². The molecular weight excluding hydrogens is 234 g/mol. The summed E-state index contributed by atoms with van der Waals surface area (Å²) in [7, 11) is 0. The summed E-state index contributed by atoms with van der Waals surface area (Å²) in [5.74, 6) is 0. The molecule has 0 bridgehead atoms. The van der Waals surface area contributed by atoms with Crippen molar-refractivity contribution in [1.82, 2.24) is 15.1 Å². The van der Waals surface area contributed by atoms with Crippen molar-refractivity contribution in [3.05, 3.63) is 52.3 Å². The number of aryl methyl sites for hydroxylation is 2. The molecule has 3 nitrogen and oxygen atoms in total. The molecule has 2 aromatic rings. The van der Waals surface area contributed by atoms with Gasteiger partial charge in [0.05, 0.1) is 5.69 Å². The molecule has 1 aromatic heterocycles. The maximum absolute atomic E-state index is 4.27. The monoisotopic (exact) mass is 255 g/mol. The minimum absolute atomic E-state index is 1.09. The van der Waals surface area contributed by atoms with Crippen molar-refractivity contribution in [3.8, 4) is 0 Å². The van der Waals surface area contributed by atoms with E-state index in [2.05, 4.69) is 53.2 Å². The van der Waals surface area contributed by atoms with Crippen LogP contribution in [0.3, 0.4) is 0 Å². The molecule has 2 heterocycles. The van der Waals surface area contributed by atoms with Gasteiger partial charge >= 0.3 is 0 Å². The van der Waals surface area contributed by atoms with Crippen LogP contribution in [0.25, 0.3) is 0 Å². The average molecular weight is 255 g/mol. The second-order valence-electron chi connectivity index (χ2n) is 5.46. The normalized spacial score (nSPS) is 15.5. The fourth-order valence-corrected chi connectivity index (χ4v) is 2.96. The number of fused-ring (bicyclic) bond motifs is 1. The lowest BCUT2D eigenvalue weighted by molar-refractivity contribution is 0.257. The molecule has 100 valence electrons. The van der Waals surface area contributed by atoms with Gasteiger partial charge in [0.2, 0.25) is 0 Å². The number of hydrogen-bond acceptors (Lipinski definition) is 2. The van der Waals surface area contributed by atoms with Crippen LogP contribution in [-0.2, 0) is 19.4 Å². The summed E-state index contributed by atoms with van der Waals surface area (Å²) in [6.07, 6.45) is 2.27. The zero-order valence-corrected chi connectivity index (χ0v) is 11.7. The zero-order chi connectivity index (χ0) is 13.2. The second-order valence-corrected chi connectivity index (χ2v) is 5.46. The number of rotatable bonds is 3. The minimum atomic E-state index is 1.09. The first kappa shape index (κ1) is 12.4. The van der Waals surface area contributed by atoms with Crippen LogP contribution in [0.5, 0.6) is 0 Å². The Kier molecular flexibility index (Phi) is 3.38. The summed E-state index contributed by atoms with van der Waals surface area (Å²) >= 11 is 0. The van der Waals surface area contributed by atoms with E-state index in [0.717, 1.165) is 25.2 Å². The molecule has 0 atom stereocenters. The molecular formula is C16H21N3. The summed E-state index contributed by atoms with van der Waals surface area (Å²) in [5.41, 5.74) is 6.77. The number of nitrogens with zero attached hydrogens (tertiary/aromatic N) is 2. The summed E-state index contributed by atoms with van der Waals surface area (Å²) in [5, 5.41) is 7.34. The van der Waals surface area contributed by atoms with E-state index >= 15 is 0 Å². The van der Waals surface area contributed by atoms with Gasteiger partial charge in [-0.2, -0.15) is 5.10 Å². The summed E-state index contributed by atoms with van der Waals surface area (Å²) in [6, 6.07) is 8.81. The Hall–Kier alpha value is -1.61. The van der Waals surface area contributed by atoms with Gasteiger partial charge < -0.3 is 0 Å². The number of hydrogen-bond donors (Lipinski definition) is 1. The van der Waals surface area contributed by atoms with E-state index in [1.807, 2.05) is 0 Å². The van der Waals surface area contributed by atoms with E-state index in [0.29, 0.717) is 0 Å². The SMILES string of the molecule is Cc1n[nH]c(C)c1CCN1CCc2ccccc2C1. The first-order valence-corrected chi connectivity index (χ1v) is 7.03. The third-order valence-electron chi connectivity index (χ3n) is 4.17. The van der Waals surface area contributed by atoms with Gasteiger partial charge in [0, 0.05) is 25.3 Å². The quantitative estimate of drug-likeness (QED) is 0.914. The highest BCUT2D eigenvalue weighted by Gasteiger charge is 2.16. The molecule has 0 spiro atoms. The minimum Gasteiger partial charge on any atom is -0.298 e. The van der Waals surface area contributed by atoms with Gasteiger partial charge in [-0.25, -0.2) is 0 Å². The Morgan fingerprint density at radius 2 is 2.00 bits per heavy atom. The Balaban J connectivity index is 1.64. The van der Waals surface area contributed by atoms with E-state index in [4.69, 9.17) is 0 Å². The van der Waals surface area contributed by atoms with Crippen molar-refractivity contribution >= 4 is 0 Å². The third-order valence-corrected chi connectivity index (χ3v) is 4.17. The van der Waals surface area contributed by atoms with E-state index < -0.39 is 0 Å². The van der Waals surface area contributed by atoms with Crippen LogP contribution in [0.4, 0.5) is 0 Å². The molecule has 1 aromatic carbocycles. The van der Waals surface area contributed by atoms with E-state index in [1.165, 1.54) is 35.3 Å². The van der Waals surface area contributed by atoms with Crippen LogP contribution < -0.4 is 0 Å². The molecule has 0 amide bonds. The van der Waals surface area contributed by atoms with Crippen LogP contribution in [-0.4, -0.2) is 28.2 Å². The van der Waals surface area contributed by atoms with Crippen LogP contribution in [0.15, 0.2) is 24.3 Å². The molecule has 0 aliphatic carbocycles. The van der Waals surface area contributed by atoms with Gasteiger partial charge in [-0.1, -0.05) is 24.3 Å². The Bertz CT molecular complexity index is 552. The van der Waals surface area contributed by atoms with Crippen molar-refractivity contribution in [2.24, 2.45) is 0 Å². The van der Waals surface area contributed by atoms with Crippen LogP contribution in [0, 0.1) is 13.8 Å². The topological polar surface area (TPSA) is 31.9 Å². The molecule has 0 saturated heterocycles.